The van der Waals surface area contributed by atoms with E-state index in [1.165, 1.54) is 12.2 Å². The number of halogens is 1. The van der Waals surface area contributed by atoms with E-state index in [-0.39, 0.29) is 11.5 Å². The number of hydrogen-bond acceptors (Lipinski definition) is 5. The van der Waals surface area contributed by atoms with Crippen LogP contribution in [0.15, 0.2) is 30.3 Å². The summed E-state index contributed by atoms with van der Waals surface area (Å²) < 4.78 is 27.4. The summed E-state index contributed by atoms with van der Waals surface area (Å²) in [6.45, 7) is -0.449. The molecule has 0 spiro atoms. The highest BCUT2D eigenvalue weighted by Crippen LogP contribution is 2.12. The highest BCUT2D eigenvalue weighted by molar-refractivity contribution is 7.91. The Kier molecular flexibility index (Phi) is 5.79. The molecule has 1 aromatic rings. The fourth-order valence-corrected chi connectivity index (χ4v) is 4.01. The molecule has 2 rings (SSSR count). The number of sulfone groups is 1. The van der Waals surface area contributed by atoms with Crippen LogP contribution in [0.4, 0.5) is 0 Å². The van der Waals surface area contributed by atoms with Crippen LogP contribution in [-0.2, 0) is 24.2 Å². The maximum Gasteiger partial charge on any atom is 0.331 e. The second kappa shape index (κ2) is 7.61. The molecule has 8 heteroatoms. The van der Waals surface area contributed by atoms with Gasteiger partial charge in [0.05, 0.1) is 11.5 Å². The second-order valence-corrected chi connectivity index (χ2v) is 7.83. The summed E-state index contributed by atoms with van der Waals surface area (Å²) in [5.74, 6) is -1.18. The lowest BCUT2D eigenvalue weighted by Crippen LogP contribution is -2.38. The SMILES string of the molecule is O=C(COC(=O)/C=C/c1cccc(Cl)c1)NC1CCS(=O)(=O)C1. The third-order valence-electron chi connectivity index (χ3n) is 3.20. The Bertz CT molecular complexity index is 729. The van der Waals surface area contributed by atoms with Crippen molar-refractivity contribution in [3.8, 4) is 0 Å². The number of ether oxygens (including phenoxy) is 1. The second-order valence-electron chi connectivity index (χ2n) is 5.16. The number of rotatable bonds is 5. The van der Waals surface area contributed by atoms with E-state index in [0.717, 1.165) is 5.56 Å². The Hall–Kier alpha value is -1.86. The molecule has 1 unspecified atom stereocenters. The topological polar surface area (TPSA) is 89.5 Å². The highest BCUT2D eigenvalue weighted by atomic mass is 35.5. The Morgan fingerprint density at radius 1 is 1.39 bits per heavy atom. The Labute approximate surface area is 139 Å². The first-order valence-electron chi connectivity index (χ1n) is 6.94. The average Bonchev–Trinajstić information content (AvgIpc) is 2.82. The summed E-state index contributed by atoms with van der Waals surface area (Å²) in [7, 11) is -3.06. The summed E-state index contributed by atoms with van der Waals surface area (Å²) in [6.07, 6.45) is 3.10. The molecule has 124 valence electrons. The lowest BCUT2D eigenvalue weighted by atomic mass is 10.2. The minimum Gasteiger partial charge on any atom is -0.452 e. The zero-order valence-electron chi connectivity index (χ0n) is 12.2. The molecule has 1 saturated heterocycles. The quantitative estimate of drug-likeness (QED) is 0.631. The van der Waals surface area contributed by atoms with Gasteiger partial charge in [-0.1, -0.05) is 23.7 Å². The van der Waals surface area contributed by atoms with Crippen LogP contribution in [0.2, 0.25) is 5.02 Å². The van der Waals surface area contributed by atoms with Crippen molar-refractivity contribution in [1.82, 2.24) is 5.32 Å². The number of nitrogens with one attached hydrogen (secondary N) is 1. The van der Waals surface area contributed by atoms with Gasteiger partial charge in [-0.2, -0.15) is 0 Å². The lowest BCUT2D eigenvalue weighted by Gasteiger charge is -2.10. The molecular weight excluding hydrogens is 342 g/mol. The predicted molar refractivity (Wildman–Crippen MR) is 86.6 cm³/mol. The van der Waals surface area contributed by atoms with Crippen molar-refractivity contribution < 1.29 is 22.7 Å². The molecule has 23 heavy (non-hydrogen) atoms. The molecule has 1 aromatic carbocycles. The smallest absolute Gasteiger partial charge is 0.331 e. The summed E-state index contributed by atoms with van der Waals surface area (Å²) in [4.78, 5) is 23.1. The average molecular weight is 358 g/mol. The van der Waals surface area contributed by atoms with Gasteiger partial charge in [-0.05, 0) is 30.2 Å². The largest absolute Gasteiger partial charge is 0.452 e. The Morgan fingerprint density at radius 3 is 2.83 bits per heavy atom. The molecule has 1 aliphatic rings. The monoisotopic (exact) mass is 357 g/mol. The number of hydrogen-bond donors (Lipinski definition) is 1. The van der Waals surface area contributed by atoms with Crippen LogP contribution in [0.1, 0.15) is 12.0 Å². The molecule has 1 N–H and O–H groups in total. The van der Waals surface area contributed by atoms with Crippen molar-refractivity contribution in [2.24, 2.45) is 0 Å². The number of esters is 1. The Morgan fingerprint density at radius 2 is 2.17 bits per heavy atom. The van der Waals surface area contributed by atoms with Crippen molar-refractivity contribution in [3.05, 3.63) is 40.9 Å². The van der Waals surface area contributed by atoms with Gasteiger partial charge in [-0.3, -0.25) is 4.79 Å². The minimum absolute atomic E-state index is 0.0681. The molecule has 0 radical (unpaired) electrons. The zero-order chi connectivity index (χ0) is 16.9. The molecule has 0 aliphatic carbocycles. The number of benzene rings is 1. The lowest BCUT2D eigenvalue weighted by molar-refractivity contribution is -0.143. The van der Waals surface area contributed by atoms with E-state index in [1.54, 1.807) is 24.3 Å². The van der Waals surface area contributed by atoms with Crippen LogP contribution >= 0.6 is 11.6 Å². The van der Waals surface area contributed by atoms with Crippen LogP contribution < -0.4 is 5.32 Å². The molecule has 1 amide bonds. The van der Waals surface area contributed by atoms with Gasteiger partial charge in [0, 0.05) is 17.1 Å². The maximum atomic E-state index is 11.6. The fraction of sp³-hybridized carbons (Fsp3) is 0.333. The number of carbonyl (C=O) groups excluding carboxylic acids is 2. The van der Waals surface area contributed by atoms with Crippen molar-refractivity contribution in [2.45, 2.75) is 12.5 Å². The van der Waals surface area contributed by atoms with Gasteiger partial charge in [0.1, 0.15) is 0 Å². The molecule has 0 bridgehead atoms. The Balaban J connectivity index is 1.75. The van der Waals surface area contributed by atoms with Gasteiger partial charge >= 0.3 is 5.97 Å². The number of amides is 1. The predicted octanol–water partition coefficient (Wildman–Crippen LogP) is 1.20. The standard InChI is InChI=1S/C15H16ClNO5S/c16-12-3-1-2-11(8-12)4-5-15(19)22-9-14(18)17-13-6-7-23(20,21)10-13/h1-5,8,13H,6-7,9-10H2,(H,17,18)/b5-4+. The first kappa shape index (κ1) is 17.5. The van der Waals surface area contributed by atoms with E-state index >= 15 is 0 Å². The van der Waals surface area contributed by atoms with Gasteiger partial charge < -0.3 is 10.1 Å². The van der Waals surface area contributed by atoms with E-state index in [9.17, 15) is 18.0 Å². The van der Waals surface area contributed by atoms with Crippen LogP contribution in [0.3, 0.4) is 0 Å². The van der Waals surface area contributed by atoms with Crippen molar-refractivity contribution in [3.63, 3.8) is 0 Å². The molecular formula is C15H16ClNO5S. The fourth-order valence-electron chi connectivity index (χ4n) is 2.14. The van der Waals surface area contributed by atoms with Crippen molar-refractivity contribution in [1.29, 1.82) is 0 Å². The van der Waals surface area contributed by atoms with E-state index in [4.69, 9.17) is 16.3 Å². The summed E-state index contributed by atoms with van der Waals surface area (Å²) in [5.41, 5.74) is 0.732. The molecule has 1 heterocycles. The van der Waals surface area contributed by atoms with Gasteiger partial charge in [-0.25, -0.2) is 13.2 Å². The zero-order valence-corrected chi connectivity index (χ0v) is 13.8. The first-order valence-corrected chi connectivity index (χ1v) is 9.14. The highest BCUT2D eigenvalue weighted by Gasteiger charge is 2.28. The van der Waals surface area contributed by atoms with E-state index in [1.807, 2.05) is 0 Å². The van der Waals surface area contributed by atoms with Crippen molar-refractivity contribution >= 4 is 39.4 Å². The van der Waals surface area contributed by atoms with Crippen LogP contribution in [0, 0.1) is 0 Å². The van der Waals surface area contributed by atoms with E-state index in [0.29, 0.717) is 11.4 Å². The van der Waals surface area contributed by atoms with Gasteiger partial charge in [-0.15, -0.1) is 0 Å². The molecule has 0 saturated carbocycles. The van der Waals surface area contributed by atoms with Crippen LogP contribution in [0.5, 0.6) is 0 Å². The third kappa shape index (κ3) is 6.03. The van der Waals surface area contributed by atoms with E-state index in [2.05, 4.69) is 5.32 Å². The first-order chi connectivity index (χ1) is 10.8. The number of carbonyl (C=O) groups is 2. The normalized spacial score (nSPS) is 19.6. The van der Waals surface area contributed by atoms with Gasteiger partial charge in [0.25, 0.3) is 5.91 Å². The summed E-state index contributed by atoms with van der Waals surface area (Å²) >= 11 is 5.82. The molecule has 1 fully saturated rings. The minimum atomic E-state index is -3.06. The maximum absolute atomic E-state index is 11.6. The van der Waals surface area contributed by atoms with Crippen LogP contribution in [-0.4, -0.2) is 44.4 Å². The summed E-state index contributed by atoms with van der Waals surface area (Å²) in [6, 6.07) is 6.50. The molecule has 1 atom stereocenters. The third-order valence-corrected chi connectivity index (χ3v) is 5.21. The van der Waals surface area contributed by atoms with Crippen molar-refractivity contribution in [2.75, 3.05) is 18.1 Å². The molecule has 0 aromatic heterocycles. The molecule has 1 aliphatic heterocycles. The van der Waals surface area contributed by atoms with Crippen LogP contribution in [0.25, 0.3) is 6.08 Å². The summed E-state index contributed by atoms with van der Waals surface area (Å²) in [5, 5.41) is 3.08. The van der Waals surface area contributed by atoms with Gasteiger partial charge in [0.2, 0.25) is 0 Å². The van der Waals surface area contributed by atoms with E-state index < -0.39 is 34.4 Å². The van der Waals surface area contributed by atoms with Gasteiger partial charge in [0.15, 0.2) is 16.4 Å². The molecule has 6 nitrogen and oxygen atoms in total.